The summed E-state index contributed by atoms with van der Waals surface area (Å²) < 4.78 is 0. The van der Waals surface area contributed by atoms with E-state index in [9.17, 15) is 4.79 Å². The molecule has 3 aliphatic carbocycles. The summed E-state index contributed by atoms with van der Waals surface area (Å²) in [4.78, 5) is 13.0. The van der Waals surface area contributed by atoms with Crippen molar-refractivity contribution in [1.29, 1.82) is 0 Å². The molecule has 112 valence electrons. The highest BCUT2D eigenvalue weighted by atomic mass is 32.1. The van der Waals surface area contributed by atoms with Gasteiger partial charge >= 0.3 is 0 Å². The van der Waals surface area contributed by atoms with Gasteiger partial charge in [-0.05, 0) is 55.4 Å². The first-order valence-corrected chi connectivity index (χ1v) is 9.36. The van der Waals surface area contributed by atoms with Crippen molar-refractivity contribution >= 4 is 17.2 Å². The lowest BCUT2D eigenvalue weighted by Gasteiger charge is -2.47. The summed E-state index contributed by atoms with van der Waals surface area (Å²) >= 11 is 1.75. The quantitative estimate of drug-likeness (QED) is 0.769. The summed E-state index contributed by atoms with van der Waals surface area (Å²) in [5, 5.41) is 1.95. The number of fused-ring (bicyclic) bond motifs is 5. The number of hydrogen-bond acceptors (Lipinski definition) is 1. The predicted octanol–water partition coefficient (Wildman–Crippen LogP) is 4.37. The number of primary amides is 1. The van der Waals surface area contributed by atoms with Crippen molar-refractivity contribution in [3.05, 3.63) is 27.5 Å². The summed E-state index contributed by atoms with van der Waals surface area (Å²) in [5.41, 5.74) is 7.67. The van der Waals surface area contributed by atoms with E-state index in [-0.39, 0.29) is 5.91 Å². The molecule has 4 atom stereocenters. The van der Waals surface area contributed by atoms with Gasteiger partial charge in [-0.1, -0.05) is 19.3 Å². The lowest BCUT2D eigenvalue weighted by Crippen LogP contribution is -2.38. The van der Waals surface area contributed by atoms with E-state index in [4.69, 9.17) is 5.73 Å². The van der Waals surface area contributed by atoms with Crippen molar-refractivity contribution in [3.8, 4) is 0 Å². The Hall–Kier alpha value is -0.960. The lowest BCUT2D eigenvalue weighted by atomic mass is 9.57. The van der Waals surface area contributed by atoms with Crippen LogP contribution in [0.5, 0.6) is 0 Å². The summed E-state index contributed by atoms with van der Waals surface area (Å²) in [5.74, 6) is 3.23. The van der Waals surface area contributed by atoms with Crippen LogP contribution in [0.25, 0.3) is 0 Å². The van der Waals surface area contributed by atoms with E-state index in [2.05, 4.69) is 6.07 Å². The molecule has 2 fully saturated rings. The van der Waals surface area contributed by atoms with Crippen LogP contribution in [0.4, 0.5) is 0 Å². The van der Waals surface area contributed by atoms with Crippen LogP contribution in [0.15, 0.2) is 11.4 Å². The topological polar surface area (TPSA) is 43.1 Å². The van der Waals surface area contributed by atoms with Gasteiger partial charge in [0.15, 0.2) is 0 Å². The molecule has 2 saturated carbocycles. The molecule has 0 radical (unpaired) electrons. The third kappa shape index (κ3) is 2.30. The second-order valence-corrected chi connectivity index (χ2v) is 8.14. The summed E-state index contributed by atoms with van der Waals surface area (Å²) in [6.45, 7) is 0. The molecule has 2 nitrogen and oxygen atoms in total. The first-order chi connectivity index (χ1) is 10.2. The molecular weight excluding hydrogens is 278 g/mol. The zero-order valence-corrected chi connectivity index (χ0v) is 13.3. The Kier molecular flexibility index (Phi) is 3.49. The van der Waals surface area contributed by atoms with Crippen molar-refractivity contribution in [3.63, 3.8) is 0 Å². The number of carbonyl (C=O) groups is 1. The fourth-order valence-electron chi connectivity index (χ4n) is 5.29. The molecular formula is C18H24NOS+. The molecule has 0 saturated heterocycles. The summed E-state index contributed by atoms with van der Waals surface area (Å²) in [6.07, 6.45) is 11.1. The summed E-state index contributed by atoms with van der Waals surface area (Å²) in [6, 6.07) is 2.12. The van der Waals surface area contributed by atoms with E-state index in [1.54, 1.807) is 11.3 Å². The number of nitrogens with two attached hydrogens (primary N) is 1. The van der Waals surface area contributed by atoms with Gasteiger partial charge in [-0.3, -0.25) is 4.79 Å². The van der Waals surface area contributed by atoms with E-state index in [1.807, 2.05) is 5.38 Å². The second kappa shape index (κ2) is 5.35. The average molecular weight is 302 g/mol. The highest BCUT2D eigenvalue weighted by Gasteiger charge is 2.44. The maximum Gasteiger partial charge on any atom is 0.253 e. The number of carbonyl (C=O) groups excluding carboxylic acids is 1. The van der Waals surface area contributed by atoms with E-state index in [0.717, 1.165) is 17.8 Å². The maximum absolute atomic E-state index is 11.5. The van der Waals surface area contributed by atoms with Crippen molar-refractivity contribution < 1.29 is 4.79 Å². The minimum absolute atomic E-state index is 0.275. The van der Waals surface area contributed by atoms with Crippen LogP contribution < -0.4 is 5.73 Å². The normalized spacial score (nSPS) is 34.5. The highest BCUT2D eigenvalue weighted by Crippen LogP contribution is 2.54. The van der Waals surface area contributed by atoms with Gasteiger partial charge in [-0.2, -0.15) is 0 Å². The van der Waals surface area contributed by atoms with E-state index < -0.39 is 0 Å². The van der Waals surface area contributed by atoms with Crippen molar-refractivity contribution in [2.75, 3.05) is 0 Å². The molecule has 1 amide bonds. The van der Waals surface area contributed by atoms with Gasteiger partial charge in [0.05, 0.1) is 5.56 Å². The lowest BCUT2D eigenvalue weighted by molar-refractivity contribution is 0.0741. The molecule has 1 heterocycles. The molecule has 3 aliphatic rings. The number of hydrogen-bond donors (Lipinski definition) is 1. The molecule has 0 bridgehead atoms. The Morgan fingerprint density at radius 1 is 1.10 bits per heavy atom. The van der Waals surface area contributed by atoms with Gasteiger partial charge in [-0.15, -0.1) is 0 Å². The van der Waals surface area contributed by atoms with Crippen molar-refractivity contribution in [2.45, 2.75) is 57.3 Å². The van der Waals surface area contributed by atoms with Gasteiger partial charge in [0, 0.05) is 12.0 Å². The fraction of sp³-hybridized carbons (Fsp3) is 0.667. The van der Waals surface area contributed by atoms with Crippen LogP contribution in [0.2, 0.25) is 0 Å². The highest BCUT2D eigenvalue weighted by molar-refractivity contribution is 7.10. The zero-order chi connectivity index (χ0) is 14.4. The van der Waals surface area contributed by atoms with Crippen LogP contribution in [0.3, 0.4) is 0 Å². The standard InChI is InChI=1S/C18H23NOS/c19-18(20)12-9-16-15-6-5-11-3-1-2-4-13(11)14(15)7-8-17(16)21-10-12/h9-11,13-15H,1-8H2,(H-,19,20)/p+1. The van der Waals surface area contributed by atoms with Crippen LogP contribution in [-0.2, 0) is 6.42 Å². The van der Waals surface area contributed by atoms with Crippen LogP contribution in [-0.4, -0.2) is 5.91 Å². The first kappa shape index (κ1) is 13.7. The van der Waals surface area contributed by atoms with E-state index in [1.165, 1.54) is 61.8 Å². The third-order valence-electron chi connectivity index (χ3n) is 6.23. The number of rotatable bonds is 1. The van der Waals surface area contributed by atoms with Gasteiger partial charge in [0.2, 0.25) is 21.6 Å². The molecule has 0 spiro atoms. The summed E-state index contributed by atoms with van der Waals surface area (Å²) in [7, 11) is 0. The molecule has 0 aromatic carbocycles. The molecule has 1 aromatic heterocycles. The minimum Gasteiger partial charge on any atom is -0.365 e. The molecule has 2 N–H and O–H groups in total. The van der Waals surface area contributed by atoms with E-state index in [0.29, 0.717) is 11.5 Å². The Morgan fingerprint density at radius 2 is 1.95 bits per heavy atom. The smallest absolute Gasteiger partial charge is 0.253 e. The zero-order valence-electron chi connectivity index (χ0n) is 12.5. The van der Waals surface area contributed by atoms with Gasteiger partial charge in [-0.25, -0.2) is 0 Å². The average Bonchev–Trinajstić information content (AvgIpc) is 2.53. The Labute approximate surface area is 130 Å². The maximum atomic E-state index is 11.5. The monoisotopic (exact) mass is 302 g/mol. The Bertz CT molecular complexity index is 570. The second-order valence-electron chi connectivity index (χ2n) is 7.17. The van der Waals surface area contributed by atoms with Gasteiger partial charge in [0.25, 0.3) is 5.91 Å². The predicted molar refractivity (Wildman–Crippen MR) is 86.5 cm³/mol. The van der Waals surface area contributed by atoms with Crippen LogP contribution in [0, 0.1) is 17.8 Å². The SMILES string of the molecule is NC(=O)c1c[s+]c2c(c1)C1CCC3CCCCC3C1CC2. The fourth-order valence-corrected chi connectivity index (χ4v) is 6.33. The largest absolute Gasteiger partial charge is 0.365 e. The van der Waals surface area contributed by atoms with Gasteiger partial charge < -0.3 is 5.73 Å². The Morgan fingerprint density at radius 3 is 2.81 bits per heavy atom. The van der Waals surface area contributed by atoms with Crippen LogP contribution in [0.1, 0.15) is 71.7 Å². The Balaban J connectivity index is 1.69. The number of amides is 1. The van der Waals surface area contributed by atoms with E-state index >= 15 is 0 Å². The molecule has 0 aliphatic heterocycles. The van der Waals surface area contributed by atoms with Crippen LogP contribution >= 0.6 is 11.3 Å². The molecule has 21 heavy (non-hydrogen) atoms. The molecule has 1 aromatic rings. The molecule has 3 heteroatoms. The van der Waals surface area contributed by atoms with Crippen molar-refractivity contribution in [2.24, 2.45) is 23.5 Å². The number of aryl methyl sites for hydroxylation is 1. The van der Waals surface area contributed by atoms with Gasteiger partial charge in [0.1, 0.15) is 0 Å². The molecule has 4 unspecified atom stereocenters. The third-order valence-corrected chi connectivity index (χ3v) is 7.33. The van der Waals surface area contributed by atoms with Crippen molar-refractivity contribution in [1.82, 2.24) is 0 Å². The minimum atomic E-state index is -0.275. The molecule has 4 rings (SSSR count). The first-order valence-electron chi connectivity index (χ1n) is 8.48.